The summed E-state index contributed by atoms with van der Waals surface area (Å²) in [5, 5.41) is 4.03. The van der Waals surface area contributed by atoms with Gasteiger partial charge in [0.15, 0.2) is 17.8 Å². The van der Waals surface area contributed by atoms with Gasteiger partial charge in [0.05, 0.1) is 12.2 Å². The van der Waals surface area contributed by atoms with Gasteiger partial charge >= 0.3 is 5.97 Å². The number of pyridine rings is 1. The summed E-state index contributed by atoms with van der Waals surface area (Å²) in [6, 6.07) is 3.50. The highest BCUT2D eigenvalue weighted by molar-refractivity contribution is 9.10. The monoisotopic (exact) mass is 323 g/mol. The SMILES string of the molecule is CCOC(=O)c1nn(-c2ccc(Br)cn2)cc1C=O. The van der Waals surface area contributed by atoms with E-state index in [1.807, 2.05) is 0 Å². The molecule has 0 radical (unpaired) electrons. The predicted molar refractivity (Wildman–Crippen MR) is 70.4 cm³/mol. The van der Waals surface area contributed by atoms with Gasteiger partial charge in [0, 0.05) is 16.9 Å². The van der Waals surface area contributed by atoms with Gasteiger partial charge in [0.1, 0.15) is 0 Å². The van der Waals surface area contributed by atoms with Crippen LogP contribution in [0.4, 0.5) is 0 Å². The number of aldehydes is 1. The third-order valence-electron chi connectivity index (χ3n) is 2.28. The molecule has 7 heteroatoms. The van der Waals surface area contributed by atoms with Crippen LogP contribution >= 0.6 is 15.9 Å². The summed E-state index contributed by atoms with van der Waals surface area (Å²) in [7, 11) is 0. The van der Waals surface area contributed by atoms with Crippen molar-refractivity contribution < 1.29 is 14.3 Å². The lowest BCUT2D eigenvalue weighted by atomic mass is 10.3. The number of carbonyl (C=O) groups is 2. The first kappa shape index (κ1) is 13.4. The Balaban J connectivity index is 2.40. The molecule has 2 heterocycles. The summed E-state index contributed by atoms with van der Waals surface area (Å²) >= 11 is 3.27. The Morgan fingerprint density at radius 2 is 2.32 bits per heavy atom. The second-order valence-electron chi connectivity index (χ2n) is 3.55. The van der Waals surface area contributed by atoms with Crippen LogP contribution in [0.1, 0.15) is 27.8 Å². The Kier molecular flexibility index (Phi) is 4.06. The van der Waals surface area contributed by atoms with Crippen LogP contribution in [0.25, 0.3) is 5.82 Å². The van der Waals surface area contributed by atoms with Gasteiger partial charge in [-0.3, -0.25) is 4.79 Å². The Morgan fingerprint density at radius 3 is 2.89 bits per heavy atom. The fourth-order valence-electron chi connectivity index (χ4n) is 1.45. The van der Waals surface area contributed by atoms with E-state index >= 15 is 0 Å². The van der Waals surface area contributed by atoms with E-state index in [9.17, 15) is 9.59 Å². The normalized spacial score (nSPS) is 10.2. The Morgan fingerprint density at radius 1 is 1.53 bits per heavy atom. The maximum Gasteiger partial charge on any atom is 0.359 e. The molecule has 6 nitrogen and oxygen atoms in total. The second kappa shape index (κ2) is 5.75. The zero-order valence-electron chi connectivity index (χ0n) is 10.0. The number of hydrogen-bond donors (Lipinski definition) is 0. The summed E-state index contributed by atoms with van der Waals surface area (Å²) in [6.45, 7) is 1.91. The Hall–Kier alpha value is -2.02. The van der Waals surface area contributed by atoms with Gasteiger partial charge in [0.2, 0.25) is 0 Å². The van der Waals surface area contributed by atoms with Crippen molar-refractivity contribution >= 4 is 28.2 Å². The van der Waals surface area contributed by atoms with Gasteiger partial charge in [-0.1, -0.05) is 0 Å². The number of rotatable bonds is 4. The standard InChI is InChI=1S/C12H10BrN3O3/c1-2-19-12(18)11-8(7-17)6-16(15-11)10-4-3-9(13)5-14-10/h3-7H,2H2,1H3. The average Bonchev–Trinajstić information content (AvgIpc) is 2.84. The van der Waals surface area contributed by atoms with Crippen LogP contribution in [0.2, 0.25) is 0 Å². The van der Waals surface area contributed by atoms with Crippen molar-refractivity contribution in [2.45, 2.75) is 6.92 Å². The molecule has 0 saturated carbocycles. The lowest BCUT2D eigenvalue weighted by Crippen LogP contribution is -2.08. The number of nitrogens with zero attached hydrogens (tertiary/aromatic N) is 3. The molecule has 0 aliphatic carbocycles. The minimum Gasteiger partial charge on any atom is -0.461 e. The maximum atomic E-state index is 11.6. The molecule has 0 amide bonds. The highest BCUT2D eigenvalue weighted by Crippen LogP contribution is 2.13. The molecule has 19 heavy (non-hydrogen) atoms. The molecule has 0 aromatic carbocycles. The minimum absolute atomic E-state index is 0.0124. The Bertz CT molecular complexity index is 607. The molecule has 0 bridgehead atoms. The van der Waals surface area contributed by atoms with Crippen molar-refractivity contribution in [1.82, 2.24) is 14.8 Å². The molecule has 98 valence electrons. The largest absolute Gasteiger partial charge is 0.461 e. The van der Waals surface area contributed by atoms with Crippen LogP contribution in [0.15, 0.2) is 29.0 Å². The van der Waals surface area contributed by atoms with Gasteiger partial charge in [-0.05, 0) is 35.0 Å². The van der Waals surface area contributed by atoms with Crippen molar-refractivity contribution in [1.29, 1.82) is 0 Å². The van der Waals surface area contributed by atoms with Crippen LogP contribution < -0.4 is 0 Å². The molecule has 0 aliphatic rings. The summed E-state index contributed by atoms with van der Waals surface area (Å²) in [5.41, 5.74) is 0.157. The molecule has 0 spiro atoms. The number of halogens is 1. The first-order chi connectivity index (χ1) is 9.15. The van der Waals surface area contributed by atoms with Gasteiger partial charge in [-0.2, -0.15) is 5.10 Å². The highest BCUT2D eigenvalue weighted by Gasteiger charge is 2.18. The molecule has 0 aliphatic heterocycles. The fraction of sp³-hybridized carbons (Fsp3) is 0.167. The number of hydrogen-bond acceptors (Lipinski definition) is 5. The van der Waals surface area contributed by atoms with Crippen LogP contribution in [-0.4, -0.2) is 33.6 Å². The van der Waals surface area contributed by atoms with Crippen molar-refractivity contribution in [3.63, 3.8) is 0 Å². The summed E-state index contributed by atoms with van der Waals surface area (Å²) in [4.78, 5) is 26.7. The van der Waals surface area contributed by atoms with Crippen molar-refractivity contribution in [2.24, 2.45) is 0 Å². The molecular formula is C12H10BrN3O3. The van der Waals surface area contributed by atoms with E-state index in [2.05, 4.69) is 26.0 Å². The first-order valence-electron chi connectivity index (χ1n) is 5.49. The third-order valence-corrected chi connectivity index (χ3v) is 2.75. The molecule has 0 N–H and O–H groups in total. The quantitative estimate of drug-likeness (QED) is 0.635. The summed E-state index contributed by atoms with van der Waals surface area (Å²) < 4.78 is 7.02. The molecule has 2 aromatic rings. The van der Waals surface area contributed by atoms with Crippen LogP contribution in [0.5, 0.6) is 0 Å². The third kappa shape index (κ3) is 2.87. The zero-order chi connectivity index (χ0) is 13.8. The van der Waals surface area contributed by atoms with Crippen molar-refractivity contribution in [3.05, 3.63) is 40.3 Å². The minimum atomic E-state index is -0.625. The number of ether oxygens (including phenoxy) is 1. The first-order valence-corrected chi connectivity index (χ1v) is 6.29. The van der Waals surface area contributed by atoms with E-state index in [0.717, 1.165) is 4.47 Å². The number of carbonyl (C=O) groups excluding carboxylic acids is 2. The van der Waals surface area contributed by atoms with Gasteiger partial charge < -0.3 is 4.74 Å². The van der Waals surface area contributed by atoms with Crippen molar-refractivity contribution in [2.75, 3.05) is 6.61 Å². The van der Waals surface area contributed by atoms with Gasteiger partial charge in [-0.15, -0.1) is 0 Å². The van der Waals surface area contributed by atoms with Gasteiger partial charge in [-0.25, -0.2) is 14.5 Å². The fourth-order valence-corrected chi connectivity index (χ4v) is 1.69. The molecule has 0 atom stereocenters. The average molecular weight is 324 g/mol. The lowest BCUT2D eigenvalue weighted by Gasteiger charge is -2.00. The molecule has 2 rings (SSSR count). The van der Waals surface area contributed by atoms with E-state index in [4.69, 9.17) is 4.74 Å². The van der Waals surface area contributed by atoms with E-state index in [0.29, 0.717) is 12.1 Å². The van der Waals surface area contributed by atoms with Crippen molar-refractivity contribution in [3.8, 4) is 5.82 Å². The molecule has 2 aromatic heterocycles. The lowest BCUT2D eigenvalue weighted by molar-refractivity contribution is 0.0517. The highest BCUT2D eigenvalue weighted by atomic mass is 79.9. The van der Waals surface area contributed by atoms with Gasteiger partial charge in [0.25, 0.3) is 0 Å². The van der Waals surface area contributed by atoms with E-state index in [1.54, 1.807) is 25.3 Å². The predicted octanol–water partition coefficient (Wildman–Crippen LogP) is 2.02. The maximum absolute atomic E-state index is 11.6. The van der Waals surface area contributed by atoms with Crippen LogP contribution in [0, 0.1) is 0 Å². The zero-order valence-corrected chi connectivity index (χ0v) is 11.6. The Labute approximate surface area is 117 Å². The molecule has 0 fully saturated rings. The summed E-state index contributed by atoms with van der Waals surface area (Å²) in [5.74, 6) is -0.123. The number of esters is 1. The summed E-state index contributed by atoms with van der Waals surface area (Å²) in [6.07, 6.45) is 3.60. The molecular weight excluding hydrogens is 314 g/mol. The van der Waals surface area contributed by atoms with Crippen LogP contribution in [0.3, 0.4) is 0 Å². The molecule has 0 saturated heterocycles. The molecule has 0 unspecified atom stereocenters. The van der Waals surface area contributed by atoms with Crippen LogP contribution in [-0.2, 0) is 4.74 Å². The van der Waals surface area contributed by atoms with E-state index in [1.165, 1.54) is 10.9 Å². The van der Waals surface area contributed by atoms with E-state index < -0.39 is 5.97 Å². The van der Waals surface area contributed by atoms with E-state index in [-0.39, 0.29) is 17.9 Å². The topological polar surface area (TPSA) is 74.1 Å². The second-order valence-corrected chi connectivity index (χ2v) is 4.47. The smallest absolute Gasteiger partial charge is 0.359 e. The number of aromatic nitrogens is 3.